The number of aromatic nitrogens is 2. The Labute approximate surface area is 233 Å². The molecule has 0 fully saturated rings. The fraction of sp³-hybridized carbons (Fsp3) is 0.200. The van der Waals surface area contributed by atoms with E-state index >= 15 is 0 Å². The molecule has 0 saturated carbocycles. The number of amides is 1. The van der Waals surface area contributed by atoms with E-state index in [1.54, 1.807) is 24.3 Å². The predicted octanol–water partition coefficient (Wildman–Crippen LogP) is 4.33. The van der Waals surface area contributed by atoms with Gasteiger partial charge in [0.25, 0.3) is 11.5 Å². The highest BCUT2D eigenvalue weighted by Gasteiger charge is 2.44. The molecule has 39 heavy (non-hydrogen) atoms. The zero-order chi connectivity index (χ0) is 28.3. The number of nitrogens with zero attached hydrogens (tertiary/aromatic N) is 4. The van der Waals surface area contributed by atoms with Crippen molar-refractivity contribution in [2.24, 2.45) is 0 Å². The number of rotatable bonds is 7. The lowest BCUT2D eigenvalue weighted by molar-refractivity contribution is -0.137. The van der Waals surface area contributed by atoms with Crippen molar-refractivity contribution in [2.75, 3.05) is 13.8 Å². The number of hydrogen-bond donors (Lipinski definition) is 1. The summed E-state index contributed by atoms with van der Waals surface area (Å²) in [5.74, 6) is -1.69. The number of ether oxygens (including phenoxy) is 2. The summed E-state index contributed by atoms with van der Waals surface area (Å²) < 4.78 is 53.0. The van der Waals surface area contributed by atoms with Gasteiger partial charge < -0.3 is 19.7 Å². The van der Waals surface area contributed by atoms with Crippen molar-refractivity contribution in [3.63, 3.8) is 0 Å². The first kappa shape index (κ1) is 28.0. The van der Waals surface area contributed by atoms with Crippen molar-refractivity contribution < 1.29 is 27.4 Å². The number of allylic oxidation sites excluding steroid dienone is 1. The first-order valence-corrected chi connectivity index (χ1v) is 12.3. The SMILES string of the molecule is COc1ccc(Cn2nc(CN3CNC(C(F)(F)F)=C(Oc4cc(Cl)cc(C#N)c4)C3=O)cc(Br)c2=O)cc1. The summed E-state index contributed by atoms with van der Waals surface area (Å²) in [6.45, 7) is -0.648. The lowest BCUT2D eigenvalue weighted by Gasteiger charge is -2.31. The van der Waals surface area contributed by atoms with Gasteiger partial charge in [-0.3, -0.25) is 9.59 Å². The summed E-state index contributed by atoms with van der Waals surface area (Å²) in [5, 5.41) is 15.7. The van der Waals surface area contributed by atoms with Crippen molar-refractivity contribution in [3.05, 3.63) is 96.7 Å². The Kier molecular flexibility index (Phi) is 8.17. The molecule has 0 bridgehead atoms. The maximum absolute atomic E-state index is 13.7. The maximum Gasteiger partial charge on any atom is 0.434 e. The molecule has 4 rings (SSSR count). The van der Waals surface area contributed by atoms with Gasteiger partial charge in [0, 0.05) is 5.02 Å². The number of nitrogens with one attached hydrogen (secondary N) is 1. The fourth-order valence-corrected chi connectivity index (χ4v) is 4.37. The summed E-state index contributed by atoms with van der Waals surface area (Å²) in [5.41, 5.74) is -0.796. The van der Waals surface area contributed by atoms with Crippen molar-refractivity contribution in [3.8, 4) is 17.6 Å². The molecule has 2 heterocycles. The molecule has 202 valence electrons. The molecule has 0 unspecified atom stereocenters. The number of benzene rings is 2. The third-order valence-corrected chi connectivity index (χ3v) is 6.27. The van der Waals surface area contributed by atoms with E-state index in [2.05, 4.69) is 26.3 Å². The van der Waals surface area contributed by atoms with Gasteiger partial charge in [-0.2, -0.15) is 23.5 Å². The van der Waals surface area contributed by atoms with Crippen LogP contribution in [0.15, 0.2) is 69.3 Å². The maximum atomic E-state index is 13.7. The van der Waals surface area contributed by atoms with E-state index in [-0.39, 0.29) is 39.6 Å². The number of alkyl halides is 3. The molecule has 0 radical (unpaired) electrons. The normalized spacial score (nSPS) is 13.7. The quantitative estimate of drug-likeness (QED) is 0.417. The monoisotopic (exact) mass is 623 g/mol. The van der Waals surface area contributed by atoms with Crippen LogP contribution in [-0.2, 0) is 17.9 Å². The third-order valence-electron chi connectivity index (χ3n) is 5.48. The van der Waals surface area contributed by atoms with Gasteiger partial charge in [-0.15, -0.1) is 0 Å². The van der Waals surface area contributed by atoms with E-state index in [1.807, 2.05) is 6.07 Å². The number of methoxy groups -OCH3 is 1. The van der Waals surface area contributed by atoms with E-state index in [0.717, 1.165) is 16.5 Å². The van der Waals surface area contributed by atoms with Gasteiger partial charge in [-0.05, 0) is 57.9 Å². The summed E-state index contributed by atoms with van der Waals surface area (Å²) in [4.78, 5) is 26.9. The molecule has 0 atom stereocenters. The Morgan fingerprint density at radius 1 is 1.13 bits per heavy atom. The van der Waals surface area contributed by atoms with E-state index in [9.17, 15) is 22.8 Å². The van der Waals surface area contributed by atoms with Gasteiger partial charge in [0.05, 0.1) is 48.7 Å². The van der Waals surface area contributed by atoms with E-state index in [0.29, 0.717) is 5.75 Å². The molecule has 3 aromatic rings. The van der Waals surface area contributed by atoms with E-state index in [1.165, 1.54) is 30.0 Å². The van der Waals surface area contributed by atoms with Crippen LogP contribution in [0.2, 0.25) is 5.02 Å². The molecule has 14 heteroatoms. The molecular formula is C25H18BrClF3N5O4. The standard InChI is InChI=1S/C25H18BrClF3N5O4/c1-38-18-4-2-14(3-5-18)11-35-23(36)20(26)9-17(33-35)12-34-13-32-22(25(28,29)30)21(24(34)37)39-19-7-15(10-31)6-16(27)8-19/h2-9,32H,11-13H2,1H3. The highest BCUT2D eigenvalue weighted by Crippen LogP contribution is 2.32. The van der Waals surface area contributed by atoms with Crippen molar-refractivity contribution >= 4 is 33.4 Å². The highest BCUT2D eigenvalue weighted by molar-refractivity contribution is 9.10. The first-order chi connectivity index (χ1) is 18.5. The zero-order valence-corrected chi connectivity index (χ0v) is 22.4. The molecule has 1 aliphatic heterocycles. The minimum Gasteiger partial charge on any atom is -0.497 e. The largest absolute Gasteiger partial charge is 0.497 e. The van der Waals surface area contributed by atoms with E-state index < -0.39 is 35.8 Å². The van der Waals surface area contributed by atoms with Gasteiger partial charge in [-0.1, -0.05) is 23.7 Å². The summed E-state index contributed by atoms with van der Waals surface area (Å²) in [6.07, 6.45) is -4.93. The van der Waals surface area contributed by atoms with Crippen LogP contribution in [-0.4, -0.2) is 40.5 Å². The van der Waals surface area contributed by atoms with Gasteiger partial charge in [-0.25, -0.2) is 4.68 Å². The van der Waals surface area contributed by atoms with Crippen LogP contribution in [0.4, 0.5) is 13.2 Å². The Morgan fingerprint density at radius 2 is 1.85 bits per heavy atom. The van der Waals surface area contributed by atoms with Crippen molar-refractivity contribution in [1.29, 1.82) is 5.26 Å². The van der Waals surface area contributed by atoms with Crippen LogP contribution in [0.5, 0.6) is 11.5 Å². The average molecular weight is 625 g/mol. The summed E-state index contributed by atoms with van der Waals surface area (Å²) in [7, 11) is 1.53. The van der Waals surface area contributed by atoms with Crippen LogP contribution < -0.4 is 20.3 Å². The Hall–Kier alpha value is -4.02. The molecule has 1 N–H and O–H groups in total. The second kappa shape index (κ2) is 11.4. The molecule has 2 aromatic carbocycles. The van der Waals surface area contributed by atoms with Crippen LogP contribution in [0.3, 0.4) is 0 Å². The second-order valence-electron chi connectivity index (χ2n) is 8.22. The van der Waals surface area contributed by atoms with Gasteiger partial charge >= 0.3 is 6.18 Å². The average Bonchev–Trinajstić information content (AvgIpc) is 2.88. The number of carbonyl (C=O) groups excluding carboxylic acids is 1. The number of hydrogen-bond acceptors (Lipinski definition) is 7. The molecule has 1 amide bonds. The Bertz CT molecular complexity index is 1550. The van der Waals surface area contributed by atoms with Crippen LogP contribution in [0, 0.1) is 11.3 Å². The zero-order valence-electron chi connectivity index (χ0n) is 20.1. The molecule has 9 nitrogen and oxygen atoms in total. The topological polar surface area (TPSA) is 109 Å². The smallest absolute Gasteiger partial charge is 0.434 e. The fourth-order valence-electron chi connectivity index (χ4n) is 3.68. The van der Waals surface area contributed by atoms with Crippen LogP contribution in [0.25, 0.3) is 0 Å². The number of carbonyl (C=O) groups is 1. The minimum atomic E-state index is -4.93. The third kappa shape index (κ3) is 6.52. The van der Waals surface area contributed by atoms with Crippen LogP contribution in [0.1, 0.15) is 16.8 Å². The van der Waals surface area contributed by atoms with Gasteiger partial charge in [0.1, 0.15) is 11.5 Å². The molecule has 0 spiro atoms. The lowest BCUT2D eigenvalue weighted by Crippen LogP contribution is -2.49. The Morgan fingerprint density at radius 3 is 2.49 bits per heavy atom. The minimum absolute atomic E-state index is 0.0351. The van der Waals surface area contributed by atoms with Gasteiger partial charge in [0.2, 0.25) is 5.76 Å². The number of nitriles is 1. The van der Waals surface area contributed by atoms with E-state index in [4.69, 9.17) is 26.3 Å². The Balaban J connectivity index is 1.62. The summed E-state index contributed by atoms with van der Waals surface area (Å²) in [6, 6.07) is 13.8. The molecular weight excluding hydrogens is 607 g/mol. The summed E-state index contributed by atoms with van der Waals surface area (Å²) >= 11 is 9.12. The molecule has 1 aromatic heterocycles. The van der Waals surface area contributed by atoms with Gasteiger partial charge in [0.15, 0.2) is 5.70 Å². The number of halogens is 5. The predicted molar refractivity (Wildman–Crippen MR) is 137 cm³/mol. The lowest BCUT2D eigenvalue weighted by atomic mass is 10.2. The molecule has 0 saturated heterocycles. The first-order valence-electron chi connectivity index (χ1n) is 11.1. The van der Waals surface area contributed by atoms with Crippen molar-refractivity contribution in [1.82, 2.24) is 20.0 Å². The second-order valence-corrected chi connectivity index (χ2v) is 9.51. The highest BCUT2D eigenvalue weighted by atomic mass is 79.9. The molecule has 1 aliphatic rings. The van der Waals surface area contributed by atoms with Crippen molar-refractivity contribution in [2.45, 2.75) is 19.3 Å². The van der Waals surface area contributed by atoms with Crippen LogP contribution >= 0.6 is 27.5 Å². The molecule has 0 aliphatic carbocycles.